The van der Waals surface area contributed by atoms with Gasteiger partial charge in [0.25, 0.3) is 0 Å². The Morgan fingerprint density at radius 1 is 1.22 bits per heavy atom. The van der Waals surface area contributed by atoms with Gasteiger partial charge in [-0.15, -0.1) is 0 Å². The second-order valence-corrected chi connectivity index (χ2v) is 5.88. The molecule has 0 bridgehead atoms. The number of hydrogen-bond acceptors (Lipinski definition) is 3. The van der Waals surface area contributed by atoms with E-state index in [1.54, 1.807) is 7.11 Å². The summed E-state index contributed by atoms with van der Waals surface area (Å²) in [5.74, 6) is 1.07. The number of aliphatic hydroxyl groups excluding tert-OH is 1. The van der Waals surface area contributed by atoms with Gasteiger partial charge in [0.05, 0.1) is 19.8 Å². The highest BCUT2D eigenvalue weighted by Gasteiger charge is 2.44. The average molecular weight is 311 g/mol. The fraction of sp³-hybridized carbons (Fsp3) is 0.316. The summed E-state index contributed by atoms with van der Waals surface area (Å²) < 4.78 is 5.15. The van der Waals surface area contributed by atoms with E-state index in [-0.39, 0.29) is 30.4 Å². The normalized spacial score (nSPS) is 20.6. The molecule has 0 aliphatic heterocycles. The molecule has 4 heteroatoms. The zero-order chi connectivity index (χ0) is 16.2. The summed E-state index contributed by atoms with van der Waals surface area (Å²) in [5.41, 5.74) is 2.08. The third-order valence-corrected chi connectivity index (χ3v) is 4.37. The topological polar surface area (TPSA) is 58.6 Å². The molecule has 2 aromatic rings. The Morgan fingerprint density at radius 2 is 1.91 bits per heavy atom. The lowest BCUT2D eigenvalue weighted by molar-refractivity contribution is -0.123. The van der Waals surface area contributed by atoms with Crippen molar-refractivity contribution in [1.82, 2.24) is 5.32 Å². The van der Waals surface area contributed by atoms with Crippen molar-refractivity contribution in [3.8, 4) is 5.75 Å². The van der Waals surface area contributed by atoms with Crippen molar-refractivity contribution in [1.29, 1.82) is 0 Å². The molecular formula is C19H21NO3. The van der Waals surface area contributed by atoms with Crippen LogP contribution in [-0.4, -0.2) is 24.7 Å². The second-order valence-electron chi connectivity index (χ2n) is 5.88. The molecule has 3 atom stereocenters. The SMILES string of the molecule is COc1ccc([C@H]2C[C@H]2C(=O)NC(CO)c2ccccc2)cc1. The Morgan fingerprint density at radius 3 is 2.52 bits per heavy atom. The number of amides is 1. The molecule has 1 unspecified atom stereocenters. The van der Waals surface area contributed by atoms with Crippen molar-refractivity contribution >= 4 is 5.91 Å². The smallest absolute Gasteiger partial charge is 0.224 e. The molecule has 0 radical (unpaired) electrons. The number of rotatable bonds is 6. The van der Waals surface area contributed by atoms with Crippen molar-refractivity contribution in [3.63, 3.8) is 0 Å². The van der Waals surface area contributed by atoms with Crippen LogP contribution in [0.3, 0.4) is 0 Å². The fourth-order valence-corrected chi connectivity index (χ4v) is 2.90. The van der Waals surface area contributed by atoms with Crippen LogP contribution in [0.15, 0.2) is 54.6 Å². The van der Waals surface area contributed by atoms with Crippen LogP contribution in [0.2, 0.25) is 0 Å². The van der Waals surface area contributed by atoms with Gasteiger partial charge in [0.15, 0.2) is 0 Å². The Labute approximate surface area is 136 Å². The van der Waals surface area contributed by atoms with E-state index in [1.807, 2.05) is 54.6 Å². The fourth-order valence-electron chi connectivity index (χ4n) is 2.90. The van der Waals surface area contributed by atoms with Crippen molar-refractivity contribution in [3.05, 3.63) is 65.7 Å². The van der Waals surface area contributed by atoms with Crippen LogP contribution in [0.25, 0.3) is 0 Å². The minimum Gasteiger partial charge on any atom is -0.497 e. The molecule has 0 spiro atoms. The molecule has 2 N–H and O–H groups in total. The molecule has 120 valence electrons. The molecule has 4 nitrogen and oxygen atoms in total. The number of carbonyl (C=O) groups excluding carboxylic acids is 1. The number of carbonyl (C=O) groups is 1. The van der Waals surface area contributed by atoms with Crippen LogP contribution in [0.1, 0.15) is 29.5 Å². The molecular weight excluding hydrogens is 290 g/mol. The molecule has 1 aliphatic carbocycles. The maximum atomic E-state index is 12.4. The van der Waals surface area contributed by atoms with Crippen molar-refractivity contribution in [2.45, 2.75) is 18.4 Å². The second kappa shape index (κ2) is 6.84. The Kier molecular flexibility index (Phi) is 4.63. The lowest BCUT2D eigenvalue weighted by atomic mass is 10.1. The maximum Gasteiger partial charge on any atom is 0.224 e. The first kappa shape index (κ1) is 15.6. The lowest BCUT2D eigenvalue weighted by Gasteiger charge is -2.16. The third-order valence-electron chi connectivity index (χ3n) is 4.37. The predicted octanol–water partition coefficient (Wildman–Crippen LogP) is 2.65. The molecule has 0 saturated heterocycles. The Bertz CT molecular complexity index is 654. The van der Waals surface area contributed by atoms with Crippen LogP contribution >= 0.6 is 0 Å². The minimum atomic E-state index is -0.346. The number of ether oxygens (including phenoxy) is 1. The first-order valence-electron chi connectivity index (χ1n) is 7.83. The van der Waals surface area contributed by atoms with Gasteiger partial charge in [0.1, 0.15) is 5.75 Å². The largest absolute Gasteiger partial charge is 0.497 e. The first-order valence-corrected chi connectivity index (χ1v) is 7.83. The maximum absolute atomic E-state index is 12.4. The van der Waals surface area contributed by atoms with Crippen LogP contribution < -0.4 is 10.1 Å². The van der Waals surface area contributed by atoms with Gasteiger partial charge in [-0.2, -0.15) is 0 Å². The van der Waals surface area contributed by atoms with Gasteiger partial charge in [-0.1, -0.05) is 42.5 Å². The van der Waals surface area contributed by atoms with E-state index in [9.17, 15) is 9.90 Å². The van der Waals surface area contributed by atoms with Crippen molar-refractivity contribution in [2.24, 2.45) is 5.92 Å². The van der Waals surface area contributed by atoms with E-state index in [2.05, 4.69) is 5.32 Å². The van der Waals surface area contributed by atoms with E-state index < -0.39 is 0 Å². The summed E-state index contributed by atoms with van der Waals surface area (Å²) in [4.78, 5) is 12.4. The van der Waals surface area contributed by atoms with Gasteiger partial charge in [0.2, 0.25) is 5.91 Å². The Hall–Kier alpha value is -2.33. The van der Waals surface area contributed by atoms with Crippen LogP contribution in [0.4, 0.5) is 0 Å². The number of methoxy groups -OCH3 is 1. The summed E-state index contributed by atoms with van der Waals surface area (Å²) in [7, 11) is 1.64. The van der Waals surface area contributed by atoms with Crippen LogP contribution in [0.5, 0.6) is 5.75 Å². The van der Waals surface area contributed by atoms with E-state index in [1.165, 1.54) is 0 Å². The highest BCUT2D eigenvalue weighted by molar-refractivity contribution is 5.83. The monoisotopic (exact) mass is 311 g/mol. The molecule has 2 aromatic carbocycles. The summed E-state index contributed by atoms with van der Waals surface area (Å²) in [6.45, 7) is -0.102. The molecule has 1 amide bonds. The molecule has 1 saturated carbocycles. The number of benzene rings is 2. The standard InChI is InChI=1S/C19H21NO3/c1-23-15-9-7-13(8-10-15)16-11-17(16)19(22)20-18(12-21)14-5-3-2-4-6-14/h2-10,16-18,21H,11-12H2,1H3,(H,20,22)/t16-,17-,18?/m1/s1. The van der Waals surface area contributed by atoms with Gasteiger partial charge >= 0.3 is 0 Å². The molecule has 3 rings (SSSR count). The summed E-state index contributed by atoms with van der Waals surface area (Å²) in [6, 6.07) is 17.1. The summed E-state index contributed by atoms with van der Waals surface area (Å²) in [6.07, 6.45) is 0.852. The molecule has 1 aliphatic rings. The third kappa shape index (κ3) is 3.54. The van der Waals surface area contributed by atoms with E-state index >= 15 is 0 Å². The highest BCUT2D eigenvalue weighted by Crippen LogP contribution is 2.48. The van der Waals surface area contributed by atoms with Crippen LogP contribution in [-0.2, 0) is 4.79 Å². The average Bonchev–Trinajstić information content (AvgIpc) is 3.41. The van der Waals surface area contributed by atoms with Gasteiger partial charge in [-0.25, -0.2) is 0 Å². The number of aliphatic hydroxyl groups is 1. The summed E-state index contributed by atoms with van der Waals surface area (Å²) in [5, 5.41) is 12.5. The van der Waals surface area contributed by atoms with Gasteiger partial charge < -0.3 is 15.2 Å². The Balaban J connectivity index is 1.61. The molecule has 0 heterocycles. The van der Waals surface area contributed by atoms with Gasteiger partial charge in [-0.05, 0) is 35.6 Å². The van der Waals surface area contributed by atoms with Crippen molar-refractivity contribution in [2.75, 3.05) is 13.7 Å². The minimum absolute atomic E-state index is 0.00808. The zero-order valence-electron chi connectivity index (χ0n) is 13.1. The molecule has 23 heavy (non-hydrogen) atoms. The first-order chi connectivity index (χ1) is 11.2. The van der Waals surface area contributed by atoms with Crippen LogP contribution in [0, 0.1) is 5.92 Å². The van der Waals surface area contributed by atoms with E-state index in [4.69, 9.17) is 4.74 Å². The van der Waals surface area contributed by atoms with Gasteiger partial charge in [0, 0.05) is 5.92 Å². The number of nitrogens with one attached hydrogen (secondary N) is 1. The summed E-state index contributed by atoms with van der Waals surface area (Å²) >= 11 is 0. The molecule has 1 fully saturated rings. The van der Waals surface area contributed by atoms with Gasteiger partial charge in [-0.3, -0.25) is 4.79 Å². The lowest BCUT2D eigenvalue weighted by Crippen LogP contribution is -2.32. The predicted molar refractivity (Wildman–Crippen MR) is 88.3 cm³/mol. The number of hydrogen-bond donors (Lipinski definition) is 2. The van der Waals surface area contributed by atoms with E-state index in [0.29, 0.717) is 0 Å². The van der Waals surface area contributed by atoms with E-state index in [0.717, 1.165) is 23.3 Å². The highest BCUT2D eigenvalue weighted by atomic mass is 16.5. The van der Waals surface area contributed by atoms with Crippen molar-refractivity contribution < 1.29 is 14.6 Å². The zero-order valence-corrected chi connectivity index (χ0v) is 13.1. The quantitative estimate of drug-likeness (QED) is 0.862. The molecule has 0 aromatic heterocycles.